The van der Waals surface area contributed by atoms with Gasteiger partial charge in [-0.15, -0.1) is 0 Å². The molecule has 3 saturated carbocycles. The Labute approximate surface area is 261 Å². The average molecular weight is 612 g/mol. The second kappa shape index (κ2) is 13.6. The number of rotatable bonds is 14. The molecular weight excluding hydrogens is 561 g/mol. The first-order chi connectivity index (χ1) is 20.6. The minimum absolute atomic E-state index is 0.00174. The van der Waals surface area contributed by atoms with Crippen LogP contribution in [0.3, 0.4) is 0 Å². The monoisotopic (exact) mass is 611 g/mol. The average Bonchev–Trinajstić information content (AvgIpc) is 3.28. The zero-order chi connectivity index (χ0) is 32.4. The predicted molar refractivity (Wildman–Crippen MR) is 170 cm³/mol. The number of aryl methyl sites for hydroxylation is 2. The molecule has 12 heteroatoms. The number of hydrogen-bond acceptors (Lipinski definition) is 7. The number of nitrogens with one attached hydrogen (secondary N) is 2. The predicted octanol–water partition coefficient (Wildman–Crippen LogP) is 4.10. The van der Waals surface area contributed by atoms with Crippen LogP contribution in [0.4, 0.5) is 0 Å². The summed E-state index contributed by atoms with van der Waals surface area (Å²) in [7, 11) is -0.560. The molecule has 4 fully saturated rings. The molecule has 11 nitrogen and oxygen atoms in total. The first-order valence-electron chi connectivity index (χ1n) is 16.0. The molecule has 5 rings (SSSR count). The Balaban J connectivity index is 1.47. The maximum Gasteiger partial charge on any atom is 0.481 e. The van der Waals surface area contributed by atoms with Gasteiger partial charge in [-0.3, -0.25) is 9.59 Å². The number of hydrogen-bond donors (Lipinski definition) is 3. The zero-order valence-corrected chi connectivity index (χ0v) is 27.4. The fourth-order valence-electron chi connectivity index (χ4n) is 7.66. The smallest absolute Gasteiger partial charge is 0.404 e. The third-order valence-corrected chi connectivity index (χ3v) is 10.3. The van der Waals surface area contributed by atoms with Crippen molar-refractivity contribution in [2.75, 3.05) is 6.54 Å². The SMILES string of the molecule is Cc1ccc(C)c(CC(=O)C[C@@H](CCCN=C(N)N[N+](=O)[O-])C(=O)N[C@@H](CC(C)C)B2O[C@@H]3C[C@H]4C[C@H](C4(C)C)[C@]3(C)O2)c1. The maximum atomic E-state index is 13.9. The van der Waals surface area contributed by atoms with Crippen LogP contribution in [-0.4, -0.2) is 54.0 Å². The Hall–Kier alpha value is -2.99. The molecule has 1 aromatic rings. The van der Waals surface area contributed by atoms with Gasteiger partial charge < -0.3 is 20.4 Å². The third kappa shape index (κ3) is 7.62. The highest BCUT2D eigenvalue weighted by Crippen LogP contribution is 2.65. The summed E-state index contributed by atoms with van der Waals surface area (Å²) in [6.07, 6.45) is 3.91. The van der Waals surface area contributed by atoms with Crippen molar-refractivity contribution in [3.05, 3.63) is 45.0 Å². The summed E-state index contributed by atoms with van der Waals surface area (Å²) in [5, 5.41) is 13.1. The fraction of sp³-hybridized carbons (Fsp3) is 0.719. The van der Waals surface area contributed by atoms with Crippen molar-refractivity contribution in [3.63, 3.8) is 0 Å². The van der Waals surface area contributed by atoms with Crippen LogP contribution in [0.1, 0.15) is 89.8 Å². The fourth-order valence-corrected chi connectivity index (χ4v) is 7.66. The number of benzene rings is 1. The van der Waals surface area contributed by atoms with Crippen LogP contribution < -0.4 is 16.5 Å². The van der Waals surface area contributed by atoms with Crippen LogP contribution in [0.25, 0.3) is 0 Å². The van der Waals surface area contributed by atoms with Gasteiger partial charge in [0.25, 0.3) is 5.96 Å². The number of amides is 1. The molecule has 4 N–H and O–H groups in total. The molecule has 0 aromatic heterocycles. The Morgan fingerprint density at radius 1 is 1.23 bits per heavy atom. The molecule has 3 aliphatic carbocycles. The van der Waals surface area contributed by atoms with Crippen molar-refractivity contribution in [1.29, 1.82) is 0 Å². The van der Waals surface area contributed by atoms with Gasteiger partial charge in [0.2, 0.25) is 5.91 Å². The highest BCUT2D eigenvalue weighted by Gasteiger charge is 2.68. The molecule has 1 aliphatic heterocycles. The van der Waals surface area contributed by atoms with E-state index in [0.717, 1.165) is 29.5 Å². The first-order valence-corrected chi connectivity index (χ1v) is 16.0. The normalized spacial score (nSPS) is 26.9. The largest absolute Gasteiger partial charge is 0.481 e. The number of carbonyl (C=O) groups is 2. The molecule has 4 aliphatic rings. The van der Waals surface area contributed by atoms with Crippen LogP contribution in [0.5, 0.6) is 0 Å². The molecule has 242 valence electrons. The van der Waals surface area contributed by atoms with Gasteiger partial charge in [0, 0.05) is 25.3 Å². The number of nitrogens with two attached hydrogens (primary N) is 1. The van der Waals surface area contributed by atoms with Crippen LogP contribution in [-0.2, 0) is 25.3 Å². The quantitative estimate of drug-likeness (QED) is 0.0709. The molecule has 1 saturated heterocycles. The Bertz CT molecular complexity index is 1270. The number of guanidine groups is 1. The summed E-state index contributed by atoms with van der Waals surface area (Å²) >= 11 is 0. The van der Waals surface area contributed by atoms with Crippen molar-refractivity contribution in [2.45, 2.75) is 111 Å². The van der Waals surface area contributed by atoms with Crippen LogP contribution >= 0.6 is 0 Å². The number of carbonyl (C=O) groups excluding carboxylic acids is 2. The van der Waals surface area contributed by atoms with E-state index in [-0.39, 0.29) is 66.0 Å². The minimum Gasteiger partial charge on any atom is -0.404 e. The van der Waals surface area contributed by atoms with E-state index >= 15 is 0 Å². The van der Waals surface area contributed by atoms with E-state index in [4.69, 9.17) is 15.0 Å². The van der Waals surface area contributed by atoms with E-state index in [1.807, 2.05) is 37.5 Å². The number of aliphatic imine (C=N–C) groups is 1. The summed E-state index contributed by atoms with van der Waals surface area (Å²) in [5.74, 6) is -0.195. The molecule has 1 heterocycles. The van der Waals surface area contributed by atoms with Gasteiger partial charge in [0.15, 0.2) is 5.03 Å². The van der Waals surface area contributed by atoms with Gasteiger partial charge in [-0.2, -0.15) is 0 Å². The van der Waals surface area contributed by atoms with Crippen molar-refractivity contribution in [1.82, 2.24) is 10.7 Å². The molecule has 1 aromatic carbocycles. The molecule has 2 bridgehead atoms. The molecule has 6 atom stereocenters. The van der Waals surface area contributed by atoms with Crippen molar-refractivity contribution >= 4 is 24.8 Å². The highest BCUT2D eigenvalue weighted by atomic mass is 16.7. The van der Waals surface area contributed by atoms with Crippen molar-refractivity contribution < 1.29 is 23.9 Å². The molecule has 1 amide bonds. The second-order valence-corrected chi connectivity index (χ2v) is 14.4. The van der Waals surface area contributed by atoms with Crippen LogP contribution in [0.15, 0.2) is 23.2 Å². The maximum absolute atomic E-state index is 13.9. The molecular formula is C32H50BN5O6. The van der Waals surface area contributed by atoms with E-state index in [9.17, 15) is 19.7 Å². The lowest BCUT2D eigenvalue weighted by atomic mass is 9.43. The number of Topliss-reactive ketones (excluding diaryl/α,β-unsaturated/α-hetero) is 1. The minimum atomic E-state index is -0.774. The summed E-state index contributed by atoms with van der Waals surface area (Å²) in [6.45, 7) is 15.2. The van der Waals surface area contributed by atoms with Crippen LogP contribution in [0, 0.1) is 53.0 Å². The van der Waals surface area contributed by atoms with E-state index in [0.29, 0.717) is 31.1 Å². The van der Waals surface area contributed by atoms with E-state index in [2.05, 4.69) is 44.9 Å². The topological polar surface area (TPSA) is 158 Å². The van der Waals surface area contributed by atoms with E-state index in [1.54, 1.807) is 0 Å². The summed E-state index contributed by atoms with van der Waals surface area (Å²) in [5.41, 5.74) is 10.3. The lowest BCUT2D eigenvalue weighted by Gasteiger charge is -2.64. The number of nitro groups is 1. The van der Waals surface area contributed by atoms with Crippen molar-refractivity contribution in [3.8, 4) is 0 Å². The van der Waals surface area contributed by atoms with E-state index in [1.165, 1.54) is 0 Å². The lowest BCUT2D eigenvalue weighted by Crippen LogP contribution is -2.65. The van der Waals surface area contributed by atoms with Gasteiger partial charge in [-0.1, -0.05) is 56.9 Å². The summed E-state index contributed by atoms with van der Waals surface area (Å²) in [6, 6.07) is 6.04. The van der Waals surface area contributed by atoms with E-state index < -0.39 is 18.1 Å². The highest BCUT2D eigenvalue weighted by molar-refractivity contribution is 6.47. The number of ketones is 1. The van der Waals surface area contributed by atoms with Crippen LogP contribution in [0.2, 0.25) is 0 Å². The van der Waals surface area contributed by atoms with Gasteiger partial charge >= 0.3 is 7.12 Å². The lowest BCUT2D eigenvalue weighted by molar-refractivity contribution is -0.525. The number of hydrazine groups is 1. The first kappa shape index (κ1) is 33.9. The van der Waals surface area contributed by atoms with Crippen molar-refractivity contribution in [2.24, 2.45) is 39.8 Å². The number of nitrogens with zero attached hydrogens (tertiary/aromatic N) is 2. The van der Waals surface area contributed by atoms with Gasteiger partial charge in [0.05, 0.1) is 17.6 Å². The molecule has 0 radical (unpaired) electrons. The molecule has 0 unspecified atom stereocenters. The molecule has 0 spiro atoms. The Morgan fingerprint density at radius 2 is 1.95 bits per heavy atom. The standard InChI is InChI=1S/C32H50BN5O6/c1-19(2)13-28(33-43-27-18-24-17-26(31(24,5)6)32(27,7)44-33)36-29(40)22(9-8-12-35-30(34)37-38(41)42)15-25(39)16-23-14-20(3)10-11-21(23)4/h10-11,14,19,22,24,26-28H,8-9,12-13,15-18H2,1-7H3,(H,36,40)(H3,34,35,37)/t22-,24-,26-,27-,28+,32+/m1/s1. The Morgan fingerprint density at radius 3 is 2.61 bits per heavy atom. The Kier molecular flexibility index (Phi) is 10.4. The summed E-state index contributed by atoms with van der Waals surface area (Å²) in [4.78, 5) is 41.8. The summed E-state index contributed by atoms with van der Waals surface area (Å²) < 4.78 is 13.3. The van der Waals surface area contributed by atoms with Gasteiger partial charge in [-0.25, -0.2) is 15.1 Å². The molecule has 44 heavy (non-hydrogen) atoms. The second-order valence-electron chi connectivity index (χ2n) is 14.4. The van der Waals surface area contributed by atoms with Gasteiger partial charge in [-0.05, 0) is 87.2 Å². The zero-order valence-electron chi connectivity index (χ0n) is 27.4. The third-order valence-electron chi connectivity index (χ3n) is 10.3. The van der Waals surface area contributed by atoms with Gasteiger partial charge in [0.1, 0.15) is 5.78 Å².